The molecule has 0 radical (unpaired) electrons. The molecule has 0 fully saturated rings. The van der Waals surface area contributed by atoms with Crippen LogP contribution >= 0.6 is 11.6 Å². The van der Waals surface area contributed by atoms with Crippen LogP contribution in [0.4, 0.5) is 11.4 Å². The fraction of sp³-hybridized carbons (Fsp3) is 0.516. The highest BCUT2D eigenvalue weighted by molar-refractivity contribution is 6.75. The molecule has 0 saturated heterocycles. The average Bonchev–Trinajstić information content (AvgIpc) is 2.86. The predicted octanol–water partition coefficient (Wildman–Crippen LogP) is 8.24. The Morgan fingerprint density at radius 1 is 0.905 bits per heavy atom. The molecule has 2 amide bonds. The van der Waals surface area contributed by atoms with Gasteiger partial charge in [0.25, 0.3) is 11.8 Å². The smallest absolute Gasteiger partial charge is 0.269 e. The van der Waals surface area contributed by atoms with Crippen molar-refractivity contribution < 1.29 is 18.4 Å². The van der Waals surface area contributed by atoms with Crippen molar-refractivity contribution in [3.63, 3.8) is 0 Å². The summed E-state index contributed by atoms with van der Waals surface area (Å²) < 4.78 is 12.9. The zero-order valence-corrected chi connectivity index (χ0v) is 29.8. The first-order valence-corrected chi connectivity index (χ1v) is 20.3. The summed E-state index contributed by atoms with van der Waals surface area (Å²) in [5.41, 5.74) is 7.05. The van der Waals surface area contributed by atoms with Gasteiger partial charge in [-0.05, 0) is 86.0 Å². The minimum atomic E-state index is -2.25. The van der Waals surface area contributed by atoms with Gasteiger partial charge in [0.2, 0.25) is 14.0 Å². The highest BCUT2D eigenvalue weighted by Gasteiger charge is 2.41. The number of rotatable bonds is 9. The Labute approximate surface area is 259 Å². The van der Waals surface area contributed by atoms with Crippen molar-refractivity contribution in [3.05, 3.63) is 64.0 Å². The quantitative estimate of drug-likeness (QED) is 0.147. The first kappa shape index (κ1) is 35.4. The topological polar surface area (TPSA) is 93.1 Å². The maximum Gasteiger partial charge on any atom is 0.269 e. The van der Waals surface area contributed by atoms with Crippen LogP contribution in [0.15, 0.2) is 36.4 Å². The Bertz CT molecular complexity index is 1330. The maximum atomic E-state index is 13.5. The van der Waals surface area contributed by atoms with Crippen LogP contribution in [-0.2, 0) is 9.22 Å². The van der Waals surface area contributed by atoms with Gasteiger partial charge in [-0.3, -0.25) is 20.4 Å². The zero-order valence-electron chi connectivity index (χ0n) is 27.1. The summed E-state index contributed by atoms with van der Waals surface area (Å²) in [5.74, 6) is -0.224. The average molecular weight is 631 g/mol. The number of benzene rings is 2. The highest BCUT2D eigenvalue weighted by atomic mass is 35.5. The Morgan fingerprint density at radius 2 is 1.45 bits per heavy atom. The molecule has 0 heterocycles. The van der Waals surface area contributed by atoms with Crippen LogP contribution in [0.5, 0.6) is 5.75 Å². The first-order valence-electron chi connectivity index (χ1n) is 14.1. The number of carbonyl (C=O) groups is 2. The van der Waals surface area contributed by atoms with Crippen LogP contribution in [0.1, 0.15) is 64.4 Å². The molecule has 0 aliphatic carbocycles. The van der Waals surface area contributed by atoms with Gasteiger partial charge in [0.15, 0.2) is 8.32 Å². The van der Waals surface area contributed by atoms with Gasteiger partial charge in [0, 0.05) is 11.3 Å². The molecule has 0 aliphatic heterocycles. The summed E-state index contributed by atoms with van der Waals surface area (Å²) in [4.78, 5) is 29.9. The van der Waals surface area contributed by atoms with Crippen LogP contribution in [0.2, 0.25) is 41.3 Å². The summed E-state index contributed by atoms with van der Waals surface area (Å²) in [7, 11) is -4.26. The molecule has 11 heteroatoms. The van der Waals surface area contributed by atoms with Crippen LogP contribution in [0.25, 0.3) is 4.85 Å². The van der Waals surface area contributed by atoms with Gasteiger partial charge in [-0.2, -0.15) is 0 Å². The molecule has 0 spiro atoms. The van der Waals surface area contributed by atoms with E-state index in [0.717, 1.165) is 0 Å². The molecule has 0 saturated carbocycles. The van der Waals surface area contributed by atoms with E-state index in [-0.39, 0.29) is 10.1 Å². The second-order valence-electron chi connectivity index (χ2n) is 13.7. The number of nitrogens with one attached hydrogen (secondary N) is 3. The van der Waals surface area contributed by atoms with E-state index in [9.17, 15) is 9.59 Å². The van der Waals surface area contributed by atoms with Crippen molar-refractivity contribution in [2.24, 2.45) is 0 Å². The monoisotopic (exact) mass is 630 g/mol. The lowest BCUT2D eigenvalue weighted by atomic mass is 10.1. The third kappa shape index (κ3) is 8.60. The lowest BCUT2D eigenvalue weighted by molar-refractivity contribution is -0.124. The minimum absolute atomic E-state index is 0.0478. The summed E-state index contributed by atoms with van der Waals surface area (Å²) in [6.07, 6.45) is -0.548. The SMILES string of the molecule is [C-]#[N+]c1ccc(N[C@@H](C(=O)NNC(=O)c2ccc(O[Si](C)(C)C(C)(C)C)cc2)[C@H](C)O[Si](C)(C)C(C)(C)C)c(C)c1Cl. The normalized spacial score (nSPS) is 13.9. The molecule has 0 aliphatic rings. The maximum absolute atomic E-state index is 13.5. The number of amides is 2. The van der Waals surface area contributed by atoms with Crippen LogP contribution in [0.3, 0.4) is 0 Å². The van der Waals surface area contributed by atoms with Crippen molar-refractivity contribution in [1.29, 1.82) is 0 Å². The van der Waals surface area contributed by atoms with E-state index in [1.165, 1.54) is 0 Å². The van der Waals surface area contributed by atoms with E-state index in [1.807, 2.05) is 6.92 Å². The van der Waals surface area contributed by atoms with Gasteiger partial charge >= 0.3 is 0 Å². The van der Waals surface area contributed by atoms with Gasteiger partial charge in [-0.1, -0.05) is 59.2 Å². The molecule has 2 rings (SSSR count). The number of anilines is 1. The molecule has 0 unspecified atom stereocenters. The number of nitrogens with zero attached hydrogens (tertiary/aromatic N) is 1. The van der Waals surface area contributed by atoms with Crippen LogP contribution < -0.4 is 20.6 Å². The Morgan fingerprint density at radius 3 is 1.95 bits per heavy atom. The molecule has 2 aromatic rings. The lowest BCUT2D eigenvalue weighted by Crippen LogP contribution is -2.55. The van der Waals surface area contributed by atoms with Gasteiger partial charge in [0.1, 0.15) is 11.8 Å². The third-order valence-electron chi connectivity index (χ3n) is 8.43. The second-order valence-corrected chi connectivity index (χ2v) is 23.6. The van der Waals surface area contributed by atoms with Crippen LogP contribution in [0, 0.1) is 13.5 Å². The number of hydrogen-bond acceptors (Lipinski definition) is 5. The van der Waals surface area contributed by atoms with E-state index in [4.69, 9.17) is 27.0 Å². The lowest BCUT2D eigenvalue weighted by Gasteiger charge is -2.40. The summed E-state index contributed by atoms with van der Waals surface area (Å²) >= 11 is 6.40. The molecule has 2 aromatic carbocycles. The molecule has 0 bridgehead atoms. The van der Waals surface area contributed by atoms with Crippen molar-refractivity contribution in [2.45, 2.75) is 104 Å². The highest BCUT2D eigenvalue weighted by Crippen LogP contribution is 2.39. The summed E-state index contributed by atoms with van der Waals surface area (Å²) in [5, 5.41) is 3.54. The largest absolute Gasteiger partial charge is 0.544 e. The molecular formula is C31H47ClN4O4Si2. The summed E-state index contributed by atoms with van der Waals surface area (Å²) in [6, 6.07) is 9.36. The van der Waals surface area contributed by atoms with E-state index >= 15 is 0 Å². The van der Waals surface area contributed by atoms with E-state index < -0.39 is 40.6 Å². The molecule has 3 N–H and O–H groups in total. The fourth-order valence-electron chi connectivity index (χ4n) is 3.58. The number of hydrazine groups is 1. The fourth-order valence-corrected chi connectivity index (χ4v) is 6.23. The molecule has 0 aromatic heterocycles. The van der Waals surface area contributed by atoms with Crippen molar-refractivity contribution >= 4 is 51.4 Å². The van der Waals surface area contributed by atoms with Gasteiger partial charge < -0.3 is 14.2 Å². The Kier molecular flexibility index (Phi) is 11.1. The number of hydrogen-bond donors (Lipinski definition) is 3. The van der Waals surface area contributed by atoms with Gasteiger partial charge in [-0.15, -0.1) is 0 Å². The van der Waals surface area contributed by atoms with Crippen molar-refractivity contribution in [3.8, 4) is 5.75 Å². The Hall–Kier alpha value is -2.85. The zero-order chi connectivity index (χ0) is 32.3. The molecular weight excluding hydrogens is 584 g/mol. The van der Waals surface area contributed by atoms with Gasteiger partial charge in [-0.25, -0.2) is 4.85 Å². The van der Waals surface area contributed by atoms with E-state index in [2.05, 4.69) is 88.7 Å². The predicted molar refractivity (Wildman–Crippen MR) is 177 cm³/mol. The first-order chi connectivity index (χ1) is 19.1. The summed E-state index contributed by atoms with van der Waals surface area (Å²) in [6.45, 7) is 32.4. The molecule has 2 atom stereocenters. The van der Waals surface area contributed by atoms with Gasteiger partial charge in [0.05, 0.1) is 17.7 Å². The standard InChI is InChI=1S/C31H47ClN4O4Si2/c1-20-24(18-19-25(33-9)26(20)32)34-27(21(2)39-41(10,11)30(3,4)5)29(38)36-35-28(37)22-14-16-23(17-15-22)40-42(12,13)31(6,7)8/h14-19,21,27,34H,1-8,10-13H3,(H,35,37)(H,36,38)/t21-,27+/m0/s1. The van der Waals surface area contributed by atoms with Crippen molar-refractivity contribution in [1.82, 2.24) is 10.9 Å². The van der Waals surface area contributed by atoms with E-state index in [1.54, 1.807) is 43.3 Å². The minimum Gasteiger partial charge on any atom is -0.544 e. The Balaban J connectivity index is 2.24. The van der Waals surface area contributed by atoms with Crippen molar-refractivity contribution in [2.75, 3.05) is 5.32 Å². The second kappa shape index (κ2) is 13.2. The molecule has 230 valence electrons. The molecule has 8 nitrogen and oxygen atoms in total. The number of halogens is 1. The van der Waals surface area contributed by atoms with Crippen LogP contribution in [-0.4, -0.2) is 40.6 Å². The molecule has 42 heavy (non-hydrogen) atoms. The number of carbonyl (C=O) groups excluding carboxylic acids is 2. The van der Waals surface area contributed by atoms with E-state index in [0.29, 0.717) is 33.3 Å². The third-order valence-corrected chi connectivity index (χ3v) is 17.8.